The summed E-state index contributed by atoms with van der Waals surface area (Å²) in [5, 5.41) is 0. The van der Waals surface area contributed by atoms with E-state index in [2.05, 4.69) is 15.9 Å². The van der Waals surface area contributed by atoms with Crippen molar-refractivity contribution >= 4 is 27.9 Å². The van der Waals surface area contributed by atoms with Crippen molar-refractivity contribution in [3.63, 3.8) is 0 Å². The molecule has 0 unspecified atom stereocenters. The molecule has 0 bridgehead atoms. The van der Waals surface area contributed by atoms with Gasteiger partial charge in [-0.3, -0.25) is 9.59 Å². The van der Waals surface area contributed by atoms with Crippen molar-refractivity contribution in [2.24, 2.45) is 0 Å². The largest absolute Gasteiger partial charge is 0.466 e. The fourth-order valence-electron chi connectivity index (χ4n) is 1.51. The summed E-state index contributed by atoms with van der Waals surface area (Å²) in [7, 11) is 0. The Hall–Kier alpha value is -1.36. The van der Waals surface area contributed by atoms with Gasteiger partial charge in [0.1, 0.15) is 6.61 Å². The molecule has 0 aromatic heterocycles. The summed E-state index contributed by atoms with van der Waals surface area (Å²) in [5.41, 5.74) is 0.920. The molecule has 110 valence electrons. The second kappa shape index (κ2) is 9.53. The molecule has 0 heterocycles. The van der Waals surface area contributed by atoms with Crippen molar-refractivity contribution in [3.8, 4) is 0 Å². The molecule has 0 amide bonds. The van der Waals surface area contributed by atoms with Crippen LogP contribution in [-0.4, -0.2) is 18.5 Å². The van der Waals surface area contributed by atoms with E-state index in [0.29, 0.717) is 13.0 Å². The highest BCUT2D eigenvalue weighted by atomic mass is 79.9. The number of carbonyl (C=O) groups excluding carboxylic acids is 2. The average Bonchev–Trinajstić information content (AvgIpc) is 2.44. The Balaban J connectivity index is 2.18. The van der Waals surface area contributed by atoms with Gasteiger partial charge in [0, 0.05) is 22.9 Å². The zero-order valence-corrected chi connectivity index (χ0v) is 13.1. The monoisotopic (exact) mass is 342 g/mol. The molecule has 4 nitrogen and oxygen atoms in total. The fraction of sp³-hybridized carbons (Fsp3) is 0.467. The van der Waals surface area contributed by atoms with Gasteiger partial charge >= 0.3 is 11.9 Å². The van der Waals surface area contributed by atoms with Crippen LogP contribution in [-0.2, 0) is 25.7 Å². The van der Waals surface area contributed by atoms with Crippen LogP contribution in [0.3, 0.4) is 0 Å². The summed E-state index contributed by atoms with van der Waals surface area (Å²) in [5.74, 6) is -0.561. The lowest BCUT2D eigenvalue weighted by Crippen LogP contribution is -2.08. The van der Waals surface area contributed by atoms with Gasteiger partial charge in [0.2, 0.25) is 0 Å². The lowest BCUT2D eigenvalue weighted by atomic mass is 10.2. The van der Waals surface area contributed by atoms with Crippen LogP contribution in [0.4, 0.5) is 0 Å². The first-order chi connectivity index (χ1) is 9.63. The van der Waals surface area contributed by atoms with Crippen LogP contribution < -0.4 is 0 Å². The lowest BCUT2D eigenvalue weighted by molar-refractivity contribution is -0.146. The van der Waals surface area contributed by atoms with Gasteiger partial charge < -0.3 is 9.47 Å². The second-order valence-corrected chi connectivity index (χ2v) is 5.18. The predicted molar refractivity (Wildman–Crippen MR) is 79.0 cm³/mol. The van der Waals surface area contributed by atoms with Gasteiger partial charge in [0.25, 0.3) is 0 Å². The summed E-state index contributed by atoms with van der Waals surface area (Å²) >= 11 is 3.39. The zero-order chi connectivity index (χ0) is 14.8. The van der Waals surface area contributed by atoms with Crippen molar-refractivity contribution in [3.05, 3.63) is 34.3 Å². The first-order valence-electron chi connectivity index (χ1n) is 6.68. The van der Waals surface area contributed by atoms with Crippen molar-refractivity contribution in [1.82, 2.24) is 0 Å². The number of rotatable bonds is 8. The van der Waals surface area contributed by atoms with E-state index >= 15 is 0 Å². The van der Waals surface area contributed by atoms with Gasteiger partial charge in [-0.1, -0.05) is 41.1 Å². The molecular weight excluding hydrogens is 324 g/mol. The maximum atomic E-state index is 11.5. The Morgan fingerprint density at radius 3 is 2.40 bits per heavy atom. The molecule has 1 aromatic carbocycles. The maximum absolute atomic E-state index is 11.5. The van der Waals surface area contributed by atoms with E-state index in [9.17, 15) is 9.59 Å². The first kappa shape index (κ1) is 16.7. The van der Waals surface area contributed by atoms with Gasteiger partial charge in [0.05, 0.1) is 6.61 Å². The Morgan fingerprint density at radius 2 is 1.75 bits per heavy atom. The molecule has 20 heavy (non-hydrogen) atoms. The Morgan fingerprint density at radius 1 is 1.10 bits per heavy atom. The molecule has 1 rings (SSSR count). The van der Waals surface area contributed by atoms with Crippen molar-refractivity contribution in [1.29, 1.82) is 0 Å². The highest BCUT2D eigenvalue weighted by Crippen LogP contribution is 2.16. The molecule has 0 N–H and O–H groups in total. The van der Waals surface area contributed by atoms with Crippen LogP contribution in [0.25, 0.3) is 0 Å². The van der Waals surface area contributed by atoms with E-state index in [1.54, 1.807) is 0 Å². The molecule has 0 aliphatic rings. The Bertz CT molecular complexity index is 445. The molecule has 1 aromatic rings. The van der Waals surface area contributed by atoms with Crippen LogP contribution in [0, 0.1) is 0 Å². The molecule has 0 fully saturated rings. The quantitative estimate of drug-likeness (QED) is 0.677. The Kier molecular flexibility index (Phi) is 7.95. The number of ether oxygens (including phenoxy) is 2. The van der Waals surface area contributed by atoms with Crippen LogP contribution in [0.1, 0.15) is 38.2 Å². The van der Waals surface area contributed by atoms with Crippen LogP contribution in [0.15, 0.2) is 28.7 Å². The number of benzene rings is 1. The standard InChI is InChI=1S/C15H19BrO4/c1-2-10-19-14(17)8-5-9-15(18)20-11-12-6-3-4-7-13(12)16/h3-4,6-7H,2,5,8-11H2,1H3. The number of esters is 2. The van der Waals surface area contributed by atoms with Crippen molar-refractivity contribution in [2.45, 2.75) is 39.2 Å². The second-order valence-electron chi connectivity index (χ2n) is 4.33. The van der Waals surface area contributed by atoms with Gasteiger partial charge in [-0.15, -0.1) is 0 Å². The molecular formula is C15H19BrO4. The third kappa shape index (κ3) is 6.70. The van der Waals surface area contributed by atoms with Gasteiger partial charge in [0.15, 0.2) is 0 Å². The van der Waals surface area contributed by atoms with Crippen LogP contribution in [0.2, 0.25) is 0 Å². The number of halogens is 1. The minimum atomic E-state index is -0.302. The summed E-state index contributed by atoms with van der Waals surface area (Å²) in [6.07, 6.45) is 1.74. The molecule has 0 aliphatic heterocycles. The molecule has 0 spiro atoms. The predicted octanol–water partition coefficient (Wildman–Crippen LogP) is 3.62. The zero-order valence-electron chi connectivity index (χ0n) is 11.6. The highest BCUT2D eigenvalue weighted by Gasteiger charge is 2.08. The topological polar surface area (TPSA) is 52.6 Å². The van der Waals surface area contributed by atoms with E-state index in [1.165, 1.54) is 0 Å². The fourth-order valence-corrected chi connectivity index (χ4v) is 1.91. The minimum absolute atomic E-state index is 0.228. The smallest absolute Gasteiger partial charge is 0.306 e. The maximum Gasteiger partial charge on any atom is 0.306 e. The molecule has 5 heteroatoms. The molecule has 0 aliphatic carbocycles. The van der Waals surface area contributed by atoms with Crippen LogP contribution >= 0.6 is 15.9 Å². The lowest BCUT2D eigenvalue weighted by Gasteiger charge is -2.06. The summed E-state index contributed by atoms with van der Waals surface area (Å²) in [6, 6.07) is 7.57. The van der Waals surface area contributed by atoms with Crippen molar-refractivity contribution < 1.29 is 19.1 Å². The molecule has 0 radical (unpaired) electrons. The third-order valence-corrected chi connectivity index (χ3v) is 3.35. The average molecular weight is 343 g/mol. The SMILES string of the molecule is CCCOC(=O)CCCC(=O)OCc1ccccc1Br. The van der Waals surface area contributed by atoms with Crippen LogP contribution in [0.5, 0.6) is 0 Å². The van der Waals surface area contributed by atoms with Gasteiger partial charge in [-0.05, 0) is 18.9 Å². The number of hydrogen-bond acceptors (Lipinski definition) is 4. The van der Waals surface area contributed by atoms with E-state index in [4.69, 9.17) is 9.47 Å². The normalized spacial score (nSPS) is 10.1. The highest BCUT2D eigenvalue weighted by molar-refractivity contribution is 9.10. The molecule has 0 saturated heterocycles. The van der Waals surface area contributed by atoms with Gasteiger partial charge in [-0.2, -0.15) is 0 Å². The van der Waals surface area contributed by atoms with E-state index in [0.717, 1.165) is 16.5 Å². The Labute approximate surface area is 127 Å². The van der Waals surface area contributed by atoms with E-state index < -0.39 is 0 Å². The number of carbonyl (C=O) groups is 2. The summed E-state index contributed by atoms with van der Waals surface area (Å²) in [6.45, 7) is 2.61. The minimum Gasteiger partial charge on any atom is -0.466 e. The first-order valence-corrected chi connectivity index (χ1v) is 7.47. The van der Waals surface area contributed by atoms with Gasteiger partial charge in [-0.25, -0.2) is 0 Å². The van der Waals surface area contributed by atoms with E-state index in [1.807, 2.05) is 31.2 Å². The number of hydrogen-bond donors (Lipinski definition) is 0. The molecule has 0 atom stereocenters. The summed E-state index contributed by atoms with van der Waals surface area (Å²) in [4.78, 5) is 22.8. The molecule has 0 saturated carbocycles. The van der Waals surface area contributed by atoms with E-state index in [-0.39, 0.29) is 31.4 Å². The third-order valence-electron chi connectivity index (χ3n) is 2.58. The summed E-state index contributed by atoms with van der Waals surface area (Å²) < 4.78 is 11.0. The van der Waals surface area contributed by atoms with Crippen molar-refractivity contribution in [2.75, 3.05) is 6.61 Å².